The lowest BCUT2D eigenvalue weighted by Gasteiger charge is -2.28. The standard InChI is InChI=1S/C17H21NO3S/c1-18(13-14-21-22(2,19)20)17(15-9-5-3-6-10-15)16-11-7-4-8-12-16/h3-12,17H,13-14H2,1-2H3. The van der Waals surface area contributed by atoms with E-state index in [2.05, 4.69) is 29.2 Å². The highest BCUT2D eigenvalue weighted by Crippen LogP contribution is 2.27. The predicted octanol–water partition coefficient (Wildman–Crippen LogP) is 2.68. The van der Waals surface area contributed by atoms with Gasteiger partial charge in [-0.05, 0) is 18.2 Å². The second-order valence-electron chi connectivity index (χ2n) is 5.23. The number of hydrogen-bond donors (Lipinski definition) is 0. The van der Waals surface area contributed by atoms with Crippen LogP contribution in [0, 0.1) is 0 Å². The van der Waals surface area contributed by atoms with E-state index in [1.54, 1.807) is 0 Å². The molecule has 2 rings (SSSR count). The predicted molar refractivity (Wildman–Crippen MR) is 88.2 cm³/mol. The fourth-order valence-electron chi connectivity index (χ4n) is 2.43. The van der Waals surface area contributed by atoms with Gasteiger partial charge in [-0.15, -0.1) is 0 Å². The number of likely N-dealkylation sites (N-methyl/N-ethyl adjacent to an activating group) is 1. The number of rotatable bonds is 7. The van der Waals surface area contributed by atoms with Crippen LogP contribution in [-0.4, -0.2) is 39.8 Å². The molecule has 0 aliphatic heterocycles. The molecule has 4 nitrogen and oxygen atoms in total. The molecule has 0 unspecified atom stereocenters. The Balaban J connectivity index is 2.18. The van der Waals surface area contributed by atoms with Crippen LogP contribution in [0.2, 0.25) is 0 Å². The van der Waals surface area contributed by atoms with Crippen molar-refractivity contribution in [2.45, 2.75) is 6.04 Å². The molecule has 0 spiro atoms. The Morgan fingerprint density at radius 2 is 1.41 bits per heavy atom. The molecule has 0 radical (unpaired) electrons. The molecule has 0 saturated heterocycles. The van der Waals surface area contributed by atoms with Gasteiger partial charge in [-0.1, -0.05) is 60.7 Å². The van der Waals surface area contributed by atoms with E-state index in [0.717, 1.165) is 17.4 Å². The second kappa shape index (κ2) is 7.54. The van der Waals surface area contributed by atoms with Crippen LogP contribution in [0.4, 0.5) is 0 Å². The third-order valence-corrected chi connectivity index (χ3v) is 4.01. The van der Waals surface area contributed by atoms with Gasteiger partial charge in [-0.25, -0.2) is 0 Å². The van der Waals surface area contributed by atoms with Gasteiger partial charge in [0.25, 0.3) is 10.1 Å². The molecule has 0 fully saturated rings. The van der Waals surface area contributed by atoms with Gasteiger partial charge in [0.1, 0.15) is 0 Å². The molecule has 0 aliphatic carbocycles. The summed E-state index contributed by atoms with van der Waals surface area (Å²) < 4.78 is 27.0. The lowest BCUT2D eigenvalue weighted by atomic mass is 9.97. The van der Waals surface area contributed by atoms with Crippen LogP contribution in [0.5, 0.6) is 0 Å². The summed E-state index contributed by atoms with van der Waals surface area (Å²) in [6.07, 6.45) is 1.07. The van der Waals surface area contributed by atoms with E-state index in [4.69, 9.17) is 4.18 Å². The highest BCUT2D eigenvalue weighted by molar-refractivity contribution is 7.85. The third-order valence-electron chi connectivity index (χ3n) is 3.41. The molecule has 5 heteroatoms. The summed E-state index contributed by atoms with van der Waals surface area (Å²) in [4.78, 5) is 2.09. The Kier molecular flexibility index (Phi) is 5.71. The van der Waals surface area contributed by atoms with Gasteiger partial charge in [-0.3, -0.25) is 9.08 Å². The van der Waals surface area contributed by atoms with Crippen molar-refractivity contribution < 1.29 is 12.6 Å². The average Bonchev–Trinajstić information content (AvgIpc) is 2.48. The molecule has 0 amide bonds. The molecule has 0 N–H and O–H groups in total. The topological polar surface area (TPSA) is 46.6 Å². The molecule has 0 aromatic heterocycles. The number of hydrogen-bond acceptors (Lipinski definition) is 4. The summed E-state index contributed by atoms with van der Waals surface area (Å²) >= 11 is 0. The van der Waals surface area contributed by atoms with Crippen LogP contribution in [0.1, 0.15) is 17.2 Å². The van der Waals surface area contributed by atoms with Crippen molar-refractivity contribution in [2.75, 3.05) is 26.5 Å². The Bertz CT molecular complexity index is 632. The van der Waals surface area contributed by atoms with E-state index in [9.17, 15) is 8.42 Å². The van der Waals surface area contributed by atoms with E-state index in [-0.39, 0.29) is 12.6 Å². The largest absolute Gasteiger partial charge is 0.293 e. The minimum atomic E-state index is -3.40. The zero-order valence-electron chi connectivity index (χ0n) is 12.8. The maximum Gasteiger partial charge on any atom is 0.264 e. The van der Waals surface area contributed by atoms with Crippen molar-refractivity contribution in [1.29, 1.82) is 0 Å². The van der Waals surface area contributed by atoms with Crippen molar-refractivity contribution in [3.8, 4) is 0 Å². The van der Waals surface area contributed by atoms with E-state index >= 15 is 0 Å². The summed E-state index contributed by atoms with van der Waals surface area (Å²) in [6.45, 7) is 0.660. The van der Waals surface area contributed by atoms with Crippen molar-refractivity contribution in [1.82, 2.24) is 4.90 Å². The van der Waals surface area contributed by atoms with Crippen molar-refractivity contribution in [2.24, 2.45) is 0 Å². The molecule has 22 heavy (non-hydrogen) atoms. The maximum atomic E-state index is 11.1. The smallest absolute Gasteiger partial charge is 0.264 e. The van der Waals surface area contributed by atoms with E-state index in [0.29, 0.717) is 6.54 Å². The van der Waals surface area contributed by atoms with Crippen LogP contribution in [0.15, 0.2) is 60.7 Å². The summed E-state index contributed by atoms with van der Waals surface area (Å²) in [5.41, 5.74) is 2.33. The van der Waals surface area contributed by atoms with Crippen LogP contribution < -0.4 is 0 Å². The van der Waals surface area contributed by atoms with E-state index in [1.165, 1.54) is 0 Å². The fraction of sp³-hybridized carbons (Fsp3) is 0.294. The third kappa shape index (κ3) is 4.94. The van der Waals surface area contributed by atoms with Crippen LogP contribution in [0.3, 0.4) is 0 Å². The highest BCUT2D eigenvalue weighted by Gasteiger charge is 2.19. The van der Waals surface area contributed by atoms with Gasteiger partial charge in [0.15, 0.2) is 0 Å². The SMILES string of the molecule is CN(CCOS(C)(=O)=O)C(c1ccccc1)c1ccccc1. The van der Waals surface area contributed by atoms with Crippen molar-refractivity contribution in [3.05, 3.63) is 71.8 Å². The van der Waals surface area contributed by atoms with E-state index < -0.39 is 10.1 Å². The molecule has 2 aromatic rings. The molecule has 0 atom stereocenters. The summed E-state index contributed by atoms with van der Waals surface area (Å²) in [7, 11) is -1.43. The van der Waals surface area contributed by atoms with Gasteiger partial charge < -0.3 is 0 Å². The quantitative estimate of drug-likeness (QED) is 0.736. The maximum absolute atomic E-state index is 11.1. The zero-order valence-corrected chi connectivity index (χ0v) is 13.7. The molecule has 2 aromatic carbocycles. The molecule has 0 heterocycles. The van der Waals surface area contributed by atoms with Gasteiger partial charge >= 0.3 is 0 Å². The highest BCUT2D eigenvalue weighted by atomic mass is 32.2. The molecule has 0 aliphatic rings. The van der Waals surface area contributed by atoms with Gasteiger partial charge in [0.05, 0.1) is 18.9 Å². The Morgan fingerprint density at radius 3 is 1.82 bits per heavy atom. The first-order valence-electron chi connectivity index (χ1n) is 7.12. The molecule has 0 bridgehead atoms. The minimum Gasteiger partial charge on any atom is -0.293 e. The average molecular weight is 319 g/mol. The summed E-state index contributed by atoms with van der Waals surface area (Å²) in [6, 6.07) is 20.4. The molecule has 0 saturated carbocycles. The fourth-order valence-corrected chi connectivity index (χ4v) is 2.81. The zero-order chi connectivity index (χ0) is 16.0. The monoisotopic (exact) mass is 319 g/mol. The first-order valence-corrected chi connectivity index (χ1v) is 8.93. The summed E-state index contributed by atoms with van der Waals surface area (Å²) in [5, 5.41) is 0. The van der Waals surface area contributed by atoms with Gasteiger partial charge in [-0.2, -0.15) is 8.42 Å². The normalized spacial score (nSPS) is 12.0. The van der Waals surface area contributed by atoms with Crippen LogP contribution in [0.25, 0.3) is 0 Å². The first-order chi connectivity index (χ1) is 10.5. The molecular formula is C17H21NO3S. The Morgan fingerprint density at radius 1 is 0.955 bits per heavy atom. The Hall–Kier alpha value is -1.69. The second-order valence-corrected chi connectivity index (χ2v) is 6.87. The lowest BCUT2D eigenvalue weighted by Crippen LogP contribution is -2.29. The molecular weight excluding hydrogens is 298 g/mol. The van der Waals surface area contributed by atoms with Crippen molar-refractivity contribution in [3.63, 3.8) is 0 Å². The van der Waals surface area contributed by atoms with Crippen LogP contribution in [-0.2, 0) is 14.3 Å². The van der Waals surface area contributed by atoms with Gasteiger partial charge in [0, 0.05) is 6.54 Å². The van der Waals surface area contributed by atoms with Crippen LogP contribution >= 0.6 is 0 Å². The Labute approximate surface area is 132 Å². The lowest BCUT2D eigenvalue weighted by molar-refractivity contribution is 0.215. The van der Waals surface area contributed by atoms with Gasteiger partial charge in [0.2, 0.25) is 0 Å². The summed E-state index contributed by atoms with van der Waals surface area (Å²) in [5.74, 6) is 0. The number of benzene rings is 2. The first kappa shape index (κ1) is 16.7. The minimum absolute atomic E-state index is 0.0607. The van der Waals surface area contributed by atoms with E-state index in [1.807, 2.05) is 43.4 Å². The van der Waals surface area contributed by atoms with Crippen molar-refractivity contribution >= 4 is 10.1 Å². The molecule has 118 valence electrons. The number of nitrogens with zero attached hydrogens (tertiary/aromatic N) is 1.